The summed E-state index contributed by atoms with van der Waals surface area (Å²) >= 11 is 0. The first-order valence-electron chi connectivity index (χ1n) is 9.39. The molecule has 1 saturated heterocycles. The lowest BCUT2D eigenvalue weighted by Gasteiger charge is -2.36. The highest BCUT2D eigenvalue weighted by Gasteiger charge is 2.24. The molecule has 0 bridgehead atoms. The lowest BCUT2D eigenvalue weighted by atomic mass is 10.0. The predicted octanol–water partition coefficient (Wildman–Crippen LogP) is 0.835. The van der Waals surface area contributed by atoms with E-state index < -0.39 is 0 Å². The molecule has 1 fully saturated rings. The van der Waals surface area contributed by atoms with Gasteiger partial charge in [-0.05, 0) is 25.3 Å². The number of ether oxygens (including phenoxy) is 1. The van der Waals surface area contributed by atoms with Crippen LogP contribution in [0.3, 0.4) is 0 Å². The molecule has 4 rings (SSSR count). The zero-order chi connectivity index (χ0) is 19.5. The van der Waals surface area contributed by atoms with Crippen LogP contribution >= 0.6 is 0 Å². The van der Waals surface area contributed by atoms with E-state index in [-0.39, 0.29) is 11.6 Å². The van der Waals surface area contributed by atoms with Crippen molar-refractivity contribution in [3.8, 4) is 0 Å². The second-order valence-electron chi connectivity index (χ2n) is 6.91. The number of hydrogen-bond acceptors (Lipinski definition) is 8. The quantitative estimate of drug-likeness (QED) is 0.667. The Morgan fingerprint density at radius 2 is 2.21 bits per heavy atom. The molecule has 0 spiro atoms. The van der Waals surface area contributed by atoms with Gasteiger partial charge in [-0.15, -0.1) is 0 Å². The molecular formula is C18H24N8O2. The molecule has 0 saturated carbocycles. The van der Waals surface area contributed by atoms with Crippen LogP contribution in [-0.2, 0) is 18.4 Å². The van der Waals surface area contributed by atoms with Gasteiger partial charge in [-0.3, -0.25) is 4.79 Å². The second-order valence-corrected chi connectivity index (χ2v) is 6.91. The molecule has 3 aromatic rings. The van der Waals surface area contributed by atoms with Gasteiger partial charge < -0.3 is 15.0 Å². The van der Waals surface area contributed by atoms with Crippen LogP contribution in [0, 0.1) is 0 Å². The fourth-order valence-electron chi connectivity index (χ4n) is 3.59. The molecule has 0 aromatic carbocycles. The zero-order valence-corrected chi connectivity index (χ0v) is 16.1. The molecule has 3 aromatic heterocycles. The van der Waals surface area contributed by atoms with E-state index in [1.807, 2.05) is 6.07 Å². The Kier molecular flexibility index (Phi) is 5.20. The molecular weight excluding hydrogens is 360 g/mol. The van der Waals surface area contributed by atoms with Crippen molar-refractivity contribution in [2.75, 3.05) is 30.4 Å². The van der Waals surface area contributed by atoms with Crippen molar-refractivity contribution in [3.63, 3.8) is 0 Å². The lowest BCUT2D eigenvalue weighted by molar-refractivity contribution is 0.181. The van der Waals surface area contributed by atoms with Crippen molar-refractivity contribution >= 4 is 17.4 Å². The third kappa shape index (κ3) is 3.68. The van der Waals surface area contributed by atoms with E-state index in [0.29, 0.717) is 12.4 Å². The van der Waals surface area contributed by atoms with Gasteiger partial charge in [-0.2, -0.15) is 19.7 Å². The topological polar surface area (TPSA) is 102 Å². The standard InChI is InChI=1S/C18H24N8O2/c1-24-17(27)7-6-15(23-24)25-8-4-3-5-14(25)10-19-16-9-13(11-28-2)22-18-20-12-21-26(16)18/h6-7,9,12,14,19H,3-5,8,10-11H2,1-2H3. The van der Waals surface area contributed by atoms with Gasteiger partial charge >= 0.3 is 0 Å². The summed E-state index contributed by atoms with van der Waals surface area (Å²) in [5.41, 5.74) is 0.692. The average Bonchev–Trinajstić information content (AvgIpc) is 3.17. The van der Waals surface area contributed by atoms with Crippen molar-refractivity contribution in [3.05, 3.63) is 40.6 Å². The average molecular weight is 384 g/mol. The third-order valence-electron chi connectivity index (χ3n) is 4.98. The van der Waals surface area contributed by atoms with Gasteiger partial charge in [0, 0.05) is 45.4 Å². The number of rotatable bonds is 6. The normalized spacial score (nSPS) is 17.2. The molecule has 1 aliphatic rings. The molecule has 0 radical (unpaired) electrons. The summed E-state index contributed by atoms with van der Waals surface area (Å²) in [6, 6.07) is 5.57. The van der Waals surface area contributed by atoms with Crippen LogP contribution in [0.15, 0.2) is 29.3 Å². The molecule has 0 aliphatic carbocycles. The minimum absolute atomic E-state index is 0.105. The van der Waals surface area contributed by atoms with Gasteiger partial charge in [0.2, 0.25) is 0 Å². The molecule has 148 valence electrons. The minimum Gasteiger partial charge on any atom is -0.378 e. The van der Waals surface area contributed by atoms with Crippen molar-refractivity contribution in [1.82, 2.24) is 29.4 Å². The predicted molar refractivity (Wildman–Crippen MR) is 104 cm³/mol. The number of aryl methyl sites for hydroxylation is 1. The van der Waals surface area contributed by atoms with Gasteiger partial charge in [0.1, 0.15) is 18.0 Å². The van der Waals surface area contributed by atoms with E-state index in [9.17, 15) is 4.79 Å². The molecule has 28 heavy (non-hydrogen) atoms. The maximum Gasteiger partial charge on any atom is 0.266 e. The number of nitrogens with one attached hydrogen (secondary N) is 1. The van der Waals surface area contributed by atoms with Gasteiger partial charge in [0.05, 0.1) is 12.3 Å². The first-order valence-corrected chi connectivity index (χ1v) is 9.39. The van der Waals surface area contributed by atoms with Crippen molar-refractivity contribution in [2.24, 2.45) is 7.05 Å². The fourth-order valence-corrected chi connectivity index (χ4v) is 3.59. The highest BCUT2D eigenvalue weighted by Crippen LogP contribution is 2.23. The molecule has 10 heteroatoms. The lowest BCUT2D eigenvalue weighted by Crippen LogP contribution is -2.45. The monoisotopic (exact) mass is 384 g/mol. The zero-order valence-electron chi connectivity index (χ0n) is 16.1. The van der Waals surface area contributed by atoms with Crippen molar-refractivity contribution in [1.29, 1.82) is 0 Å². The Morgan fingerprint density at radius 1 is 1.32 bits per heavy atom. The van der Waals surface area contributed by atoms with Crippen molar-refractivity contribution < 1.29 is 4.74 Å². The Balaban J connectivity index is 1.55. The number of aromatic nitrogens is 6. The number of hydrogen-bond donors (Lipinski definition) is 1. The molecule has 0 amide bonds. The van der Waals surface area contributed by atoms with Gasteiger partial charge in [0.25, 0.3) is 11.3 Å². The second kappa shape index (κ2) is 7.93. The van der Waals surface area contributed by atoms with E-state index >= 15 is 0 Å². The summed E-state index contributed by atoms with van der Waals surface area (Å²) in [7, 11) is 3.32. The molecule has 1 unspecified atom stereocenters. The first kappa shape index (κ1) is 18.4. The van der Waals surface area contributed by atoms with E-state index in [1.54, 1.807) is 30.8 Å². The maximum atomic E-state index is 11.7. The van der Waals surface area contributed by atoms with E-state index in [1.165, 1.54) is 17.4 Å². The summed E-state index contributed by atoms with van der Waals surface area (Å²) in [4.78, 5) is 22.6. The van der Waals surface area contributed by atoms with Crippen molar-refractivity contribution in [2.45, 2.75) is 31.9 Å². The van der Waals surface area contributed by atoms with Crippen LogP contribution < -0.4 is 15.8 Å². The van der Waals surface area contributed by atoms with Crippen LogP contribution in [0.1, 0.15) is 25.0 Å². The number of nitrogens with zero attached hydrogens (tertiary/aromatic N) is 7. The van der Waals surface area contributed by atoms with E-state index in [2.05, 4.69) is 30.4 Å². The Bertz CT molecular complexity index is 1010. The number of fused-ring (bicyclic) bond motifs is 1. The smallest absolute Gasteiger partial charge is 0.266 e. The molecule has 1 aliphatic heterocycles. The highest BCUT2D eigenvalue weighted by atomic mass is 16.5. The van der Waals surface area contributed by atoms with E-state index in [0.717, 1.165) is 43.3 Å². The minimum atomic E-state index is -0.105. The molecule has 10 nitrogen and oxygen atoms in total. The maximum absolute atomic E-state index is 11.7. The summed E-state index contributed by atoms with van der Waals surface area (Å²) in [5.74, 6) is 2.19. The molecule has 1 N–H and O–H groups in total. The summed E-state index contributed by atoms with van der Waals surface area (Å²) in [6.45, 7) is 2.05. The van der Waals surface area contributed by atoms with Gasteiger partial charge in [-0.25, -0.2) is 9.67 Å². The highest BCUT2D eigenvalue weighted by molar-refractivity contribution is 5.46. The van der Waals surface area contributed by atoms with Crippen LogP contribution in [0.5, 0.6) is 0 Å². The Labute approximate surface area is 162 Å². The van der Waals surface area contributed by atoms with Crippen LogP contribution in [0.25, 0.3) is 5.78 Å². The van der Waals surface area contributed by atoms with E-state index in [4.69, 9.17) is 4.74 Å². The van der Waals surface area contributed by atoms with Gasteiger partial charge in [-0.1, -0.05) is 0 Å². The Morgan fingerprint density at radius 3 is 3.04 bits per heavy atom. The summed E-state index contributed by atoms with van der Waals surface area (Å²) in [6.07, 6.45) is 4.82. The summed E-state index contributed by atoms with van der Waals surface area (Å²) in [5, 5.41) is 12.2. The fraction of sp³-hybridized carbons (Fsp3) is 0.500. The van der Waals surface area contributed by atoms with Crippen LogP contribution in [0.2, 0.25) is 0 Å². The largest absolute Gasteiger partial charge is 0.378 e. The number of piperidine rings is 1. The molecule has 1 atom stereocenters. The van der Waals surface area contributed by atoms with Crippen LogP contribution in [0.4, 0.5) is 11.6 Å². The number of anilines is 2. The summed E-state index contributed by atoms with van der Waals surface area (Å²) < 4.78 is 8.28. The number of methoxy groups -OCH3 is 1. The van der Waals surface area contributed by atoms with Gasteiger partial charge in [0.15, 0.2) is 0 Å². The Hall–Kier alpha value is -3.01. The van der Waals surface area contributed by atoms with Crippen LogP contribution in [-0.4, -0.2) is 55.6 Å². The third-order valence-corrected chi connectivity index (χ3v) is 4.98. The first-order chi connectivity index (χ1) is 13.7. The molecule has 4 heterocycles. The SMILES string of the molecule is COCc1cc(NCC2CCCCN2c2ccc(=O)n(C)n2)n2ncnc2n1.